The zero-order valence-electron chi connectivity index (χ0n) is 15.4. The van der Waals surface area contributed by atoms with Gasteiger partial charge >= 0.3 is 6.18 Å². The summed E-state index contributed by atoms with van der Waals surface area (Å²) in [5.74, 6) is -2.14. The van der Waals surface area contributed by atoms with Gasteiger partial charge in [0.25, 0.3) is 0 Å². The summed E-state index contributed by atoms with van der Waals surface area (Å²) in [6.45, 7) is 2.05. The van der Waals surface area contributed by atoms with Gasteiger partial charge in [-0.25, -0.2) is 8.42 Å². The molecular formula is C19H19BrF3NO4S. The van der Waals surface area contributed by atoms with Gasteiger partial charge in [0.05, 0.1) is 23.6 Å². The van der Waals surface area contributed by atoms with E-state index in [1.54, 1.807) is 24.3 Å². The van der Waals surface area contributed by atoms with E-state index in [4.69, 9.17) is 4.74 Å². The number of carbonyl (C=O) groups excluding carboxylic acids is 1. The number of carbonyl (C=O) groups is 1. The quantitative estimate of drug-likeness (QED) is 0.572. The normalized spacial score (nSPS) is 11.9. The molecule has 0 heterocycles. The van der Waals surface area contributed by atoms with Gasteiger partial charge in [-0.2, -0.15) is 13.2 Å². The molecule has 0 fully saturated rings. The monoisotopic (exact) mass is 493 g/mol. The highest BCUT2D eigenvalue weighted by Crippen LogP contribution is 2.35. The van der Waals surface area contributed by atoms with Crippen LogP contribution in [0, 0.1) is 0 Å². The lowest BCUT2D eigenvalue weighted by Gasteiger charge is -2.15. The SMILES string of the molecule is CCCOc1ccc(C(F)(F)F)cc1NC(=O)CS(=O)(=O)Cc1ccc(Br)cc1. The first-order valence-corrected chi connectivity index (χ1v) is 11.2. The van der Waals surface area contributed by atoms with Gasteiger partial charge in [-0.1, -0.05) is 35.0 Å². The van der Waals surface area contributed by atoms with Gasteiger partial charge < -0.3 is 10.1 Å². The Balaban J connectivity index is 2.16. The maximum atomic E-state index is 13.0. The molecule has 0 aliphatic rings. The van der Waals surface area contributed by atoms with Crippen LogP contribution in [0.5, 0.6) is 5.75 Å². The van der Waals surface area contributed by atoms with Crippen molar-refractivity contribution in [1.82, 2.24) is 0 Å². The molecule has 1 N–H and O–H groups in total. The van der Waals surface area contributed by atoms with Crippen LogP contribution in [-0.2, 0) is 26.6 Å². The second-order valence-corrected chi connectivity index (χ2v) is 9.24. The van der Waals surface area contributed by atoms with Crippen molar-refractivity contribution in [2.24, 2.45) is 0 Å². The maximum absolute atomic E-state index is 13.0. The second-order valence-electron chi connectivity index (χ2n) is 6.26. The Morgan fingerprint density at radius 2 is 1.79 bits per heavy atom. The maximum Gasteiger partial charge on any atom is 0.416 e. The van der Waals surface area contributed by atoms with E-state index in [1.165, 1.54) is 0 Å². The first kappa shape index (κ1) is 23.2. The number of rotatable bonds is 8. The minimum atomic E-state index is -4.61. The van der Waals surface area contributed by atoms with Crippen LogP contribution < -0.4 is 10.1 Å². The minimum absolute atomic E-state index is 0.0403. The molecule has 5 nitrogen and oxygen atoms in total. The first-order chi connectivity index (χ1) is 13.5. The molecule has 0 atom stereocenters. The van der Waals surface area contributed by atoms with Crippen molar-refractivity contribution in [3.05, 3.63) is 58.1 Å². The molecule has 0 bridgehead atoms. The number of benzene rings is 2. The number of sulfone groups is 1. The van der Waals surface area contributed by atoms with Crippen LogP contribution in [0.25, 0.3) is 0 Å². The summed E-state index contributed by atoms with van der Waals surface area (Å²) in [5, 5.41) is 2.23. The summed E-state index contributed by atoms with van der Waals surface area (Å²) in [4.78, 5) is 12.2. The van der Waals surface area contributed by atoms with Crippen molar-refractivity contribution in [3.8, 4) is 5.75 Å². The number of hydrogen-bond donors (Lipinski definition) is 1. The van der Waals surface area contributed by atoms with Gasteiger partial charge in [-0.05, 0) is 42.3 Å². The summed E-state index contributed by atoms with van der Waals surface area (Å²) in [6.07, 6.45) is -4.01. The number of nitrogens with one attached hydrogen (secondary N) is 1. The number of halogens is 4. The molecule has 10 heteroatoms. The fraction of sp³-hybridized carbons (Fsp3) is 0.316. The first-order valence-electron chi connectivity index (χ1n) is 8.59. The molecule has 2 aromatic carbocycles. The average Bonchev–Trinajstić information content (AvgIpc) is 2.61. The molecule has 0 saturated heterocycles. The molecule has 1 amide bonds. The third-order valence-electron chi connectivity index (χ3n) is 3.69. The standard InChI is InChI=1S/C19H19BrF3NO4S/c1-2-9-28-17-8-5-14(19(21,22)23)10-16(17)24-18(25)12-29(26,27)11-13-3-6-15(20)7-4-13/h3-8,10H,2,9,11-12H2,1H3,(H,24,25). The third kappa shape index (κ3) is 7.36. The van der Waals surface area contributed by atoms with E-state index in [2.05, 4.69) is 21.2 Å². The summed E-state index contributed by atoms with van der Waals surface area (Å²) in [5.41, 5.74) is -0.710. The Bertz CT molecular complexity index is 960. The predicted octanol–water partition coefficient (Wildman–Crippen LogP) is 4.81. The van der Waals surface area contributed by atoms with Crippen LogP contribution in [0.15, 0.2) is 46.9 Å². The lowest BCUT2D eigenvalue weighted by Crippen LogP contribution is -2.24. The lowest BCUT2D eigenvalue weighted by molar-refractivity contribution is -0.137. The molecule has 0 aliphatic carbocycles. The predicted molar refractivity (Wildman–Crippen MR) is 107 cm³/mol. The average molecular weight is 494 g/mol. The molecule has 0 aliphatic heterocycles. The van der Waals surface area contributed by atoms with Crippen molar-refractivity contribution in [2.45, 2.75) is 25.3 Å². The second kappa shape index (κ2) is 9.62. The van der Waals surface area contributed by atoms with Crippen LogP contribution in [0.4, 0.5) is 18.9 Å². The number of amides is 1. The molecule has 0 aromatic heterocycles. The van der Waals surface area contributed by atoms with Gasteiger partial charge in [-0.3, -0.25) is 4.79 Å². The fourth-order valence-electron chi connectivity index (χ4n) is 2.41. The van der Waals surface area contributed by atoms with Gasteiger partial charge in [0.2, 0.25) is 5.91 Å². The van der Waals surface area contributed by atoms with E-state index < -0.39 is 33.2 Å². The summed E-state index contributed by atoms with van der Waals surface area (Å²) < 4.78 is 69.6. The Morgan fingerprint density at radius 1 is 1.14 bits per heavy atom. The highest BCUT2D eigenvalue weighted by molar-refractivity contribution is 9.10. The molecule has 2 aromatic rings. The Labute approximate surface area is 175 Å². The molecule has 158 valence electrons. The third-order valence-corrected chi connectivity index (χ3v) is 5.70. The largest absolute Gasteiger partial charge is 0.491 e. The van der Waals surface area contributed by atoms with Gasteiger partial charge in [0.15, 0.2) is 9.84 Å². The van der Waals surface area contributed by atoms with Crippen molar-refractivity contribution < 1.29 is 31.1 Å². The molecule has 29 heavy (non-hydrogen) atoms. The van der Waals surface area contributed by atoms with Crippen LogP contribution in [0.1, 0.15) is 24.5 Å². The zero-order chi connectivity index (χ0) is 21.7. The van der Waals surface area contributed by atoms with E-state index in [0.717, 1.165) is 22.7 Å². The number of ether oxygens (including phenoxy) is 1. The van der Waals surface area contributed by atoms with E-state index in [9.17, 15) is 26.4 Å². The number of anilines is 1. The minimum Gasteiger partial charge on any atom is -0.491 e. The van der Waals surface area contributed by atoms with Crippen LogP contribution in [0.2, 0.25) is 0 Å². The molecule has 0 saturated carbocycles. The molecule has 0 radical (unpaired) electrons. The fourth-order valence-corrected chi connectivity index (χ4v) is 3.95. The molecule has 0 spiro atoms. The Kier molecular flexibility index (Phi) is 7.70. The van der Waals surface area contributed by atoms with E-state index in [-0.39, 0.29) is 23.8 Å². The number of hydrogen-bond acceptors (Lipinski definition) is 4. The Hall–Kier alpha value is -2.07. The Morgan fingerprint density at radius 3 is 2.38 bits per heavy atom. The van der Waals surface area contributed by atoms with E-state index in [0.29, 0.717) is 12.0 Å². The van der Waals surface area contributed by atoms with Gasteiger partial charge in [-0.15, -0.1) is 0 Å². The van der Waals surface area contributed by atoms with Gasteiger partial charge in [0.1, 0.15) is 11.5 Å². The van der Waals surface area contributed by atoms with Crippen LogP contribution in [-0.4, -0.2) is 26.7 Å². The van der Waals surface area contributed by atoms with Crippen molar-refractivity contribution in [1.29, 1.82) is 0 Å². The van der Waals surface area contributed by atoms with Crippen molar-refractivity contribution in [2.75, 3.05) is 17.7 Å². The molecule has 2 rings (SSSR count). The van der Waals surface area contributed by atoms with Crippen molar-refractivity contribution >= 4 is 37.4 Å². The van der Waals surface area contributed by atoms with E-state index in [1.807, 2.05) is 6.92 Å². The zero-order valence-corrected chi connectivity index (χ0v) is 17.8. The highest BCUT2D eigenvalue weighted by Gasteiger charge is 2.31. The van der Waals surface area contributed by atoms with Crippen LogP contribution in [0.3, 0.4) is 0 Å². The topological polar surface area (TPSA) is 72.5 Å². The smallest absolute Gasteiger partial charge is 0.416 e. The summed E-state index contributed by atoms with van der Waals surface area (Å²) in [7, 11) is -3.83. The number of alkyl halides is 3. The van der Waals surface area contributed by atoms with E-state index >= 15 is 0 Å². The van der Waals surface area contributed by atoms with Crippen molar-refractivity contribution in [3.63, 3.8) is 0 Å². The highest BCUT2D eigenvalue weighted by atomic mass is 79.9. The van der Waals surface area contributed by atoms with Gasteiger partial charge in [0, 0.05) is 4.47 Å². The molecule has 0 unspecified atom stereocenters. The molecular weight excluding hydrogens is 475 g/mol. The summed E-state index contributed by atoms with van der Waals surface area (Å²) >= 11 is 3.24. The lowest BCUT2D eigenvalue weighted by atomic mass is 10.1. The summed E-state index contributed by atoms with van der Waals surface area (Å²) in [6, 6.07) is 9.21. The van der Waals surface area contributed by atoms with Crippen LogP contribution >= 0.6 is 15.9 Å².